The van der Waals surface area contributed by atoms with Gasteiger partial charge in [-0.15, -0.1) is 0 Å². The fourth-order valence-corrected chi connectivity index (χ4v) is 5.65. The summed E-state index contributed by atoms with van der Waals surface area (Å²) in [5, 5.41) is 2.93. The first-order chi connectivity index (χ1) is 16.3. The topological polar surface area (TPSA) is 102 Å². The Bertz CT molecular complexity index is 1450. The zero-order valence-corrected chi connectivity index (χ0v) is 20.8. The molecule has 0 aliphatic heterocycles. The van der Waals surface area contributed by atoms with E-state index < -0.39 is 10.0 Å². The van der Waals surface area contributed by atoms with Crippen molar-refractivity contribution in [2.45, 2.75) is 38.1 Å². The van der Waals surface area contributed by atoms with Crippen molar-refractivity contribution in [3.8, 4) is 0 Å². The molecule has 34 heavy (non-hydrogen) atoms. The number of imidazole rings is 2. The number of carbonyl (C=O) groups is 1. The zero-order valence-electron chi connectivity index (χ0n) is 19.9. The van der Waals surface area contributed by atoms with Crippen LogP contribution in [0.25, 0.3) is 22.1 Å². The van der Waals surface area contributed by atoms with Crippen molar-refractivity contribution in [2.75, 3.05) is 13.1 Å². The predicted octanol–water partition coefficient (Wildman–Crippen LogP) is 2.74. The molecule has 0 unspecified atom stereocenters. The molecular formula is C24H30N6O3S. The number of hydrogen-bond donors (Lipinski definition) is 1. The van der Waals surface area contributed by atoms with Gasteiger partial charge in [0.05, 0.1) is 33.5 Å². The van der Waals surface area contributed by atoms with E-state index in [9.17, 15) is 13.2 Å². The molecule has 1 amide bonds. The summed E-state index contributed by atoms with van der Waals surface area (Å²) in [6, 6.07) is 12.8. The lowest BCUT2D eigenvalue weighted by molar-refractivity contribution is -0.121. The van der Waals surface area contributed by atoms with Crippen LogP contribution in [0.3, 0.4) is 0 Å². The summed E-state index contributed by atoms with van der Waals surface area (Å²) in [6.07, 6.45) is 0.712. The number of benzene rings is 2. The third kappa shape index (κ3) is 4.43. The third-order valence-electron chi connectivity index (χ3n) is 6.19. The van der Waals surface area contributed by atoms with Crippen LogP contribution < -0.4 is 5.32 Å². The van der Waals surface area contributed by atoms with Gasteiger partial charge in [0, 0.05) is 40.0 Å². The average Bonchev–Trinajstić information content (AvgIpc) is 3.33. The number of nitrogens with zero attached hydrogens (tertiary/aromatic N) is 5. The lowest BCUT2D eigenvalue weighted by atomic mass is 10.3. The number of carbonyl (C=O) groups excluding carboxylic acids is 1. The van der Waals surface area contributed by atoms with Crippen LogP contribution in [-0.4, -0.2) is 50.8 Å². The fourth-order valence-electron chi connectivity index (χ4n) is 4.17. The molecular weight excluding hydrogens is 452 g/mol. The molecule has 4 aromatic rings. The van der Waals surface area contributed by atoms with Crippen molar-refractivity contribution in [3.05, 3.63) is 54.1 Å². The van der Waals surface area contributed by atoms with Gasteiger partial charge in [0.25, 0.3) is 0 Å². The summed E-state index contributed by atoms with van der Waals surface area (Å²) in [7, 11) is 0.254. The van der Waals surface area contributed by atoms with Gasteiger partial charge in [-0.2, -0.15) is 4.31 Å². The highest BCUT2D eigenvalue weighted by Crippen LogP contribution is 2.23. The van der Waals surface area contributed by atoms with Crippen LogP contribution in [0.15, 0.2) is 47.4 Å². The molecule has 0 atom stereocenters. The van der Waals surface area contributed by atoms with Crippen molar-refractivity contribution in [1.29, 1.82) is 0 Å². The van der Waals surface area contributed by atoms with Crippen molar-refractivity contribution < 1.29 is 13.2 Å². The van der Waals surface area contributed by atoms with Gasteiger partial charge in [-0.1, -0.05) is 26.0 Å². The molecule has 2 heterocycles. The molecule has 180 valence electrons. The largest absolute Gasteiger partial charge is 0.349 e. The second kappa shape index (κ2) is 9.55. The number of aryl methyl sites for hydroxylation is 3. The maximum absolute atomic E-state index is 12.8. The summed E-state index contributed by atoms with van der Waals surface area (Å²) < 4.78 is 31.0. The van der Waals surface area contributed by atoms with Gasteiger partial charge < -0.3 is 14.5 Å². The molecule has 2 aromatic heterocycles. The summed E-state index contributed by atoms with van der Waals surface area (Å²) in [5.41, 5.74) is 3.35. The minimum Gasteiger partial charge on any atom is -0.349 e. The number of rotatable bonds is 9. The van der Waals surface area contributed by atoms with Crippen molar-refractivity contribution in [2.24, 2.45) is 14.1 Å². The fraction of sp³-hybridized carbons (Fsp3) is 0.375. The number of amides is 1. The number of hydrogen-bond acceptors (Lipinski definition) is 5. The van der Waals surface area contributed by atoms with Gasteiger partial charge in [0.15, 0.2) is 0 Å². The molecule has 0 radical (unpaired) electrons. The maximum Gasteiger partial charge on any atom is 0.243 e. The summed E-state index contributed by atoms with van der Waals surface area (Å²) >= 11 is 0. The van der Waals surface area contributed by atoms with E-state index in [1.165, 1.54) is 4.31 Å². The highest BCUT2D eigenvalue weighted by molar-refractivity contribution is 7.89. The van der Waals surface area contributed by atoms with Crippen LogP contribution in [0.2, 0.25) is 0 Å². The third-order valence-corrected chi connectivity index (χ3v) is 8.23. The molecule has 0 aliphatic rings. The second-order valence-electron chi connectivity index (χ2n) is 8.18. The predicted molar refractivity (Wildman–Crippen MR) is 132 cm³/mol. The zero-order chi connectivity index (χ0) is 24.5. The van der Waals surface area contributed by atoms with Gasteiger partial charge in [0.1, 0.15) is 11.6 Å². The molecule has 1 N–H and O–H groups in total. The molecule has 0 saturated carbocycles. The molecule has 0 saturated heterocycles. The number of fused-ring (bicyclic) bond motifs is 2. The molecule has 10 heteroatoms. The Morgan fingerprint density at radius 3 is 2.29 bits per heavy atom. The van der Waals surface area contributed by atoms with Crippen molar-refractivity contribution in [3.63, 3.8) is 0 Å². The number of aromatic nitrogens is 4. The summed E-state index contributed by atoms with van der Waals surface area (Å²) in [4.78, 5) is 21.9. The Balaban J connectivity index is 1.44. The Labute approximate surface area is 199 Å². The number of para-hydroxylation sites is 2. The van der Waals surface area contributed by atoms with Crippen LogP contribution in [0, 0.1) is 0 Å². The van der Waals surface area contributed by atoms with Gasteiger partial charge >= 0.3 is 0 Å². The molecule has 0 spiro atoms. The summed E-state index contributed by atoms with van der Waals surface area (Å²) in [5.74, 6) is 1.42. The van der Waals surface area contributed by atoms with E-state index in [0.717, 1.165) is 28.2 Å². The van der Waals surface area contributed by atoms with Crippen molar-refractivity contribution >= 4 is 38.0 Å². The highest BCUT2D eigenvalue weighted by atomic mass is 32.2. The first-order valence-electron chi connectivity index (χ1n) is 11.4. The molecule has 0 aliphatic carbocycles. The van der Waals surface area contributed by atoms with Crippen LogP contribution in [-0.2, 0) is 41.9 Å². The monoisotopic (exact) mass is 482 g/mol. The van der Waals surface area contributed by atoms with E-state index in [1.54, 1.807) is 18.2 Å². The minimum absolute atomic E-state index is 0.0936. The summed E-state index contributed by atoms with van der Waals surface area (Å²) in [6.45, 7) is 4.81. The quantitative estimate of drug-likeness (QED) is 0.395. The van der Waals surface area contributed by atoms with E-state index in [4.69, 9.17) is 0 Å². The Morgan fingerprint density at radius 2 is 1.59 bits per heavy atom. The Hall–Kier alpha value is -3.24. The van der Waals surface area contributed by atoms with Crippen LogP contribution in [0.1, 0.15) is 31.9 Å². The molecule has 0 fully saturated rings. The first kappa shape index (κ1) is 23.9. The first-order valence-corrected chi connectivity index (χ1v) is 12.8. The second-order valence-corrected chi connectivity index (χ2v) is 10.1. The smallest absolute Gasteiger partial charge is 0.243 e. The van der Waals surface area contributed by atoms with E-state index in [-0.39, 0.29) is 17.2 Å². The van der Waals surface area contributed by atoms with Gasteiger partial charge in [-0.25, -0.2) is 18.4 Å². The molecule has 2 aromatic carbocycles. The molecule has 4 rings (SSSR count). The normalized spacial score (nSPS) is 12.1. The SMILES string of the molecule is CCN(CC)S(=O)(=O)c1ccc2c(c1)nc(CCC(=O)NCc1nc3ccccc3n1C)n2C. The number of nitrogens with one attached hydrogen (secondary N) is 1. The van der Waals surface area contributed by atoms with E-state index >= 15 is 0 Å². The van der Waals surface area contributed by atoms with Gasteiger partial charge in [-0.05, 0) is 30.3 Å². The Kier molecular flexibility index (Phi) is 6.72. The van der Waals surface area contributed by atoms with Crippen molar-refractivity contribution in [1.82, 2.24) is 28.7 Å². The molecule has 9 nitrogen and oxygen atoms in total. The maximum atomic E-state index is 12.8. The van der Waals surface area contributed by atoms with Crippen LogP contribution in [0.5, 0.6) is 0 Å². The minimum atomic E-state index is -3.56. The van der Waals surface area contributed by atoms with E-state index in [1.807, 2.05) is 61.3 Å². The van der Waals surface area contributed by atoms with Crippen LogP contribution >= 0.6 is 0 Å². The average molecular weight is 483 g/mol. The van der Waals surface area contributed by atoms with Gasteiger partial charge in [0.2, 0.25) is 15.9 Å². The van der Waals surface area contributed by atoms with E-state index in [2.05, 4.69) is 15.3 Å². The number of sulfonamides is 1. The highest BCUT2D eigenvalue weighted by Gasteiger charge is 2.23. The standard InChI is InChI=1S/C24H30N6O3S/c1-5-30(6-2)34(32,33)17-11-12-21-19(15-17)27-22(28(21)3)13-14-24(31)25-16-23-26-18-9-7-8-10-20(18)29(23)4/h7-12,15H,5-6,13-14,16H2,1-4H3,(H,25,31). The molecule has 0 bridgehead atoms. The van der Waals surface area contributed by atoms with Gasteiger partial charge in [-0.3, -0.25) is 4.79 Å². The Morgan fingerprint density at radius 1 is 0.941 bits per heavy atom. The lowest BCUT2D eigenvalue weighted by Gasteiger charge is -2.18. The lowest BCUT2D eigenvalue weighted by Crippen LogP contribution is -2.30. The van der Waals surface area contributed by atoms with E-state index in [0.29, 0.717) is 31.6 Å². The van der Waals surface area contributed by atoms with Crippen LogP contribution in [0.4, 0.5) is 0 Å².